The molecule has 0 heterocycles. The fraction of sp³-hybridized carbons (Fsp3) is 0.500. The topological polar surface area (TPSA) is 85.9 Å². The van der Waals surface area contributed by atoms with E-state index in [1.165, 1.54) is 7.11 Å². The monoisotopic (exact) mass is 356 g/mol. The number of carbonyl (C=O) groups is 2. The standard InChI is InChI=1S/C16H24N2O5S/c1-21-12-6-5-11(14(9-12)22-2)10-17-16(20)18-13(7-8-24-4)15(19)23-3/h5-6,9,13H,7-8,10H2,1-4H3,(H2,17,18,20). The molecule has 0 aromatic heterocycles. The van der Waals surface area contributed by atoms with Gasteiger partial charge in [-0.05, 0) is 30.6 Å². The fourth-order valence-electron chi connectivity index (χ4n) is 2.01. The van der Waals surface area contributed by atoms with Crippen LogP contribution in [0.15, 0.2) is 18.2 Å². The number of hydrogen-bond donors (Lipinski definition) is 2. The molecule has 0 spiro atoms. The van der Waals surface area contributed by atoms with E-state index in [2.05, 4.69) is 10.6 Å². The lowest BCUT2D eigenvalue weighted by Crippen LogP contribution is -2.46. The highest BCUT2D eigenvalue weighted by Crippen LogP contribution is 2.24. The number of nitrogens with one attached hydrogen (secondary N) is 2. The Hall–Kier alpha value is -2.09. The summed E-state index contributed by atoms with van der Waals surface area (Å²) in [7, 11) is 4.42. The van der Waals surface area contributed by atoms with Gasteiger partial charge in [-0.1, -0.05) is 0 Å². The first-order valence-corrected chi connectivity index (χ1v) is 8.77. The molecule has 0 saturated carbocycles. The molecule has 0 saturated heterocycles. The lowest BCUT2D eigenvalue weighted by atomic mass is 10.2. The number of hydrogen-bond acceptors (Lipinski definition) is 6. The van der Waals surface area contributed by atoms with E-state index < -0.39 is 18.0 Å². The molecular formula is C16H24N2O5S. The van der Waals surface area contributed by atoms with Crippen LogP contribution in [0.3, 0.4) is 0 Å². The van der Waals surface area contributed by atoms with Crippen LogP contribution in [-0.4, -0.2) is 51.4 Å². The van der Waals surface area contributed by atoms with E-state index in [1.54, 1.807) is 38.1 Å². The van der Waals surface area contributed by atoms with Crippen molar-refractivity contribution in [1.82, 2.24) is 10.6 Å². The van der Waals surface area contributed by atoms with Crippen molar-refractivity contribution in [3.63, 3.8) is 0 Å². The van der Waals surface area contributed by atoms with Gasteiger partial charge >= 0.3 is 12.0 Å². The molecule has 134 valence electrons. The summed E-state index contributed by atoms with van der Waals surface area (Å²) in [6, 6.07) is 4.23. The Morgan fingerprint density at radius 1 is 1.21 bits per heavy atom. The molecule has 0 aliphatic carbocycles. The molecule has 1 rings (SSSR count). The van der Waals surface area contributed by atoms with Crippen molar-refractivity contribution in [3.05, 3.63) is 23.8 Å². The van der Waals surface area contributed by atoms with Crippen LogP contribution in [0.5, 0.6) is 11.5 Å². The number of esters is 1. The second-order valence-corrected chi connectivity index (χ2v) is 5.85. The van der Waals surface area contributed by atoms with E-state index in [4.69, 9.17) is 14.2 Å². The van der Waals surface area contributed by atoms with Gasteiger partial charge in [0.15, 0.2) is 0 Å². The molecule has 2 N–H and O–H groups in total. The summed E-state index contributed by atoms with van der Waals surface area (Å²) in [4.78, 5) is 23.7. The Labute approximate surface area is 146 Å². The van der Waals surface area contributed by atoms with E-state index in [-0.39, 0.29) is 6.54 Å². The predicted molar refractivity (Wildman–Crippen MR) is 93.7 cm³/mol. The van der Waals surface area contributed by atoms with Crippen LogP contribution in [-0.2, 0) is 16.1 Å². The van der Waals surface area contributed by atoms with E-state index in [9.17, 15) is 9.59 Å². The van der Waals surface area contributed by atoms with Crippen molar-refractivity contribution < 1.29 is 23.8 Å². The number of urea groups is 1. The zero-order valence-electron chi connectivity index (χ0n) is 14.4. The maximum Gasteiger partial charge on any atom is 0.328 e. The molecule has 1 atom stereocenters. The summed E-state index contributed by atoms with van der Waals surface area (Å²) in [5, 5.41) is 5.34. The fourth-order valence-corrected chi connectivity index (χ4v) is 2.48. The Morgan fingerprint density at radius 3 is 2.54 bits per heavy atom. The lowest BCUT2D eigenvalue weighted by molar-refractivity contribution is -0.142. The molecule has 8 heteroatoms. The normalized spacial score (nSPS) is 11.3. The molecule has 24 heavy (non-hydrogen) atoms. The second-order valence-electron chi connectivity index (χ2n) is 4.86. The van der Waals surface area contributed by atoms with Crippen LogP contribution < -0.4 is 20.1 Å². The third-order valence-electron chi connectivity index (χ3n) is 3.34. The summed E-state index contributed by atoms with van der Waals surface area (Å²) in [6.07, 6.45) is 2.44. The Morgan fingerprint density at radius 2 is 1.96 bits per heavy atom. The van der Waals surface area contributed by atoms with Crippen LogP contribution in [0, 0.1) is 0 Å². The summed E-state index contributed by atoms with van der Waals surface area (Å²) in [5.74, 6) is 1.57. The zero-order chi connectivity index (χ0) is 17.9. The van der Waals surface area contributed by atoms with Crippen molar-refractivity contribution in [2.24, 2.45) is 0 Å². The highest BCUT2D eigenvalue weighted by molar-refractivity contribution is 7.98. The largest absolute Gasteiger partial charge is 0.497 e. The third kappa shape index (κ3) is 6.19. The summed E-state index contributed by atoms with van der Waals surface area (Å²) < 4.78 is 15.1. The lowest BCUT2D eigenvalue weighted by Gasteiger charge is -2.17. The molecule has 1 unspecified atom stereocenters. The van der Waals surface area contributed by atoms with Crippen LogP contribution in [0.2, 0.25) is 0 Å². The molecule has 1 aromatic carbocycles. The number of thioether (sulfide) groups is 1. The smallest absolute Gasteiger partial charge is 0.328 e. The van der Waals surface area contributed by atoms with Crippen molar-refractivity contribution in [2.75, 3.05) is 33.3 Å². The van der Waals surface area contributed by atoms with Crippen LogP contribution >= 0.6 is 11.8 Å². The summed E-state index contributed by atoms with van der Waals surface area (Å²) in [6.45, 7) is 0.259. The van der Waals surface area contributed by atoms with Gasteiger partial charge in [-0.15, -0.1) is 0 Å². The van der Waals surface area contributed by atoms with Gasteiger partial charge < -0.3 is 24.8 Å². The van der Waals surface area contributed by atoms with Gasteiger partial charge in [0, 0.05) is 18.2 Å². The predicted octanol–water partition coefficient (Wildman–Crippen LogP) is 1.80. The first-order chi connectivity index (χ1) is 11.5. The molecule has 7 nitrogen and oxygen atoms in total. The number of methoxy groups -OCH3 is 3. The second kappa shape index (κ2) is 10.6. The molecule has 1 aromatic rings. The molecular weight excluding hydrogens is 332 g/mol. The summed E-state index contributed by atoms with van der Waals surface area (Å²) >= 11 is 1.60. The van der Waals surface area contributed by atoms with E-state index in [0.717, 1.165) is 11.3 Å². The van der Waals surface area contributed by atoms with Gasteiger partial charge in [-0.2, -0.15) is 11.8 Å². The zero-order valence-corrected chi connectivity index (χ0v) is 15.2. The van der Waals surface area contributed by atoms with E-state index in [1.807, 2.05) is 12.3 Å². The first-order valence-electron chi connectivity index (χ1n) is 7.37. The SMILES string of the molecule is COC(=O)C(CCSC)NC(=O)NCc1ccc(OC)cc1OC. The van der Waals surface area contributed by atoms with E-state index >= 15 is 0 Å². The number of carbonyl (C=O) groups excluding carboxylic acids is 2. The van der Waals surface area contributed by atoms with Crippen molar-refractivity contribution in [3.8, 4) is 11.5 Å². The van der Waals surface area contributed by atoms with Gasteiger partial charge in [-0.3, -0.25) is 0 Å². The molecule has 2 amide bonds. The van der Waals surface area contributed by atoms with Crippen molar-refractivity contribution in [2.45, 2.75) is 19.0 Å². The van der Waals surface area contributed by atoms with Gasteiger partial charge in [-0.25, -0.2) is 9.59 Å². The molecule has 0 bridgehead atoms. The maximum absolute atomic E-state index is 12.0. The number of rotatable bonds is 9. The highest BCUT2D eigenvalue weighted by Gasteiger charge is 2.21. The highest BCUT2D eigenvalue weighted by atomic mass is 32.2. The first kappa shape index (κ1) is 20.0. The average molecular weight is 356 g/mol. The minimum Gasteiger partial charge on any atom is -0.497 e. The Kier molecular flexibility index (Phi) is 8.85. The number of ether oxygens (including phenoxy) is 3. The van der Waals surface area contributed by atoms with E-state index in [0.29, 0.717) is 17.9 Å². The Bertz CT molecular complexity index is 553. The van der Waals surface area contributed by atoms with Crippen molar-refractivity contribution in [1.29, 1.82) is 0 Å². The van der Waals surface area contributed by atoms with Crippen LogP contribution in [0.25, 0.3) is 0 Å². The number of benzene rings is 1. The third-order valence-corrected chi connectivity index (χ3v) is 3.98. The maximum atomic E-state index is 12.0. The molecule has 0 aliphatic rings. The van der Waals surface area contributed by atoms with Crippen LogP contribution in [0.1, 0.15) is 12.0 Å². The Balaban J connectivity index is 2.62. The molecule has 0 aliphatic heterocycles. The minimum absolute atomic E-state index is 0.259. The number of amides is 2. The van der Waals surface area contributed by atoms with Gasteiger partial charge in [0.2, 0.25) is 0 Å². The minimum atomic E-state index is -0.666. The van der Waals surface area contributed by atoms with Gasteiger partial charge in [0.1, 0.15) is 17.5 Å². The molecule has 0 fully saturated rings. The van der Waals surface area contributed by atoms with Gasteiger partial charge in [0.05, 0.1) is 21.3 Å². The molecule has 0 radical (unpaired) electrons. The van der Waals surface area contributed by atoms with Gasteiger partial charge in [0.25, 0.3) is 0 Å². The average Bonchev–Trinajstić information content (AvgIpc) is 2.62. The van der Waals surface area contributed by atoms with Crippen LogP contribution in [0.4, 0.5) is 4.79 Å². The van der Waals surface area contributed by atoms with Crippen molar-refractivity contribution >= 4 is 23.8 Å². The quantitative estimate of drug-likeness (QED) is 0.656. The summed E-state index contributed by atoms with van der Waals surface area (Å²) in [5.41, 5.74) is 0.798.